The Morgan fingerprint density at radius 3 is 1.69 bits per heavy atom. The van der Waals surface area contributed by atoms with Crippen LogP contribution in [0.5, 0.6) is 0 Å². The minimum Gasteiger partial charge on any atom is -0.372 e. The molecule has 0 aliphatic carbocycles. The zero-order valence-electron chi connectivity index (χ0n) is 20.8. The molecule has 5 heteroatoms. The van der Waals surface area contributed by atoms with Gasteiger partial charge in [-0.25, -0.2) is 0 Å². The first-order chi connectivity index (χ1) is 17.0. The lowest BCUT2D eigenvalue weighted by atomic mass is 10.0. The van der Waals surface area contributed by atoms with E-state index in [1.165, 1.54) is 0 Å². The number of benzene rings is 3. The Morgan fingerprint density at radius 2 is 1.14 bits per heavy atom. The van der Waals surface area contributed by atoms with Crippen molar-refractivity contribution in [3.8, 4) is 0 Å². The molecule has 0 unspecified atom stereocenters. The zero-order chi connectivity index (χ0) is 24.5. The first kappa shape index (κ1) is 23.2. The van der Waals surface area contributed by atoms with Gasteiger partial charge in [-0.15, -0.1) is 0 Å². The molecule has 35 heavy (non-hydrogen) atoms. The lowest BCUT2D eigenvalue weighted by Gasteiger charge is -2.25. The number of anilines is 1. The number of aromatic nitrogens is 2. The summed E-state index contributed by atoms with van der Waals surface area (Å²) < 4.78 is 0. The summed E-state index contributed by atoms with van der Waals surface area (Å²) >= 11 is 0. The van der Waals surface area contributed by atoms with Crippen LogP contribution < -0.4 is 15.8 Å². The summed E-state index contributed by atoms with van der Waals surface area (Å²) in [4.78, 5) is 36.2. The second-order valence-electron chi connectivity index (χ2n) is 9.51. The molecule has 0 saturated heterocycles. The van der Waals surface area contributed by atoms with Crippen LogP contribution in [0.15, 0.2) is 58.1 Å². The number of rotatable bonds is 8. The van der Waals surface area contributed by atoms with E-state index in [0.717, 1.165) is 67.5 Å². The van der Waals surface area contributed by atoms with Gasteiger partial charge in [0.25, 0.3) is 0 Å². The molecule has 180 valence electrons. The van der Waals surface area contributed by atoms with Crippen LogP contribution in [-0.2, 0) is 6.42 Å². The third kappa shape index (κ3) is 4.20. The molecule has 2 heterocycles. The SMILES string of the molecule is CCCCN(CCCC)c1ccc2[nH]c3cc4c(=O)c5cc(CC)ccc5[nH]c4cc3c(=O)c2c1. The van der Waals surface area contributed by atoms with Gasteiger partial charge in [-0.1, -0.05) is 39.7 Å². The molecule has 0 aliphatic heterocycles. The van der Waals surface area contributed by atoms with Gasteiger partial charge < -0.3 is 14.9 Å². The quantitative estimate of drug-likeness (QED) is 0.251. The van der Waals surface area contributed by atoms with E-state index in [1.54, 1.807) is 0 Å². The molecule has 2 aromatic heterocycles. The minimum atomic E-state index is -0.00951. The van der Waals surface area contributed by atoms with Crippen LogP contribution in [0.25, 0.3) is 43.6 Å². The predicted octanol–water partition coefficient (Wildman–Crippen LogP) is 6.65. The monoisotopic (exact) mass is 467 g/mol. The number of hydrogen-bond acceptors (Lipinski definition) is 3. The van der Waals surface area contributed by atoms with Gasteiger partial charge in [0.05, 0.1) is 11.0 Å². The number of unbranched alkanes of at least 4 members (excludes halogenated alkanes) is 2. The molecule has 5 rings (SSSR count). The number of nitrogens with zero attached hydrogens (tertiary/aromatic N) is 1. The van der Waals surface area contributed by atoms with Crippen molar-refractivity contribution in [2.45, 2.75) is 52.9 Å². The Bertz CT molecular complexity index is 1650. The third-order valence-electron chi connectivity index (χ3n) is 7.10. The Kier molecular flexibility index (Phi) is 6.33. The summed E-state index contributed by atoms with van der Waals surface area (Å²) in [6.07, 6.45) is 5.41. The maximum atomic E-state index is 13.6. The van der Waals surface area contributed by atoms with E-state index in [-0.39, 0.29) is 10.9 Å². The maximum absolute atomic E-state index is 13.6. The second kappa shape index (κ2) is 9.57. The van der Waals surface area contributed by atoms with Crippen molar-refractivity contribution < 1.29 is 0 Å². The standard InChI is InChI=1S/C30H33N3O2/c1-4-7-13-33(14-8-5-2)20-10-12-26-22(16-20)30(35)24-18-27-23(17-28(24)32-26)29(34)21-15-19(6-3)9-11-25(21)31-27/h9-12,15-18H,4-8,13-14H2,1-3H3,(H,31,34)(H,32,35). The van der Waals surface area contributed by atoms with Crippen molar-refractivity contribution in [2.75, 3.05) is 18.0 Å². The van der Waals surface area contributed by atoms with E-state index < -0.39 is 0 Å². The van der Waals surface area contributed by atoms with E-state index in [0.29, 0.717) is 32.6 Å². The average molecular weight is 468 g/mol. The molecule has 0 amide bonds. The van der Waals surface area contributed by atoms with Crippen molar-refractivity contribution >= 4 is 49.3 Å². The van der Waals surface area contributed by atoms with Crippen LogP contribution in [0.2, 0.25) is 0 Å². The molecule has 0 fully saturated rings. The lowest BCUT2D eigenvalue weighted by molar-refractivity contribution is 0.678. The van der Waals surface area contributed by atoms with E-state index in [9.17, 15) is 9.59 Å². The van der Waals surface area contributed by atoms with Crippen LogP contribution in [0, 0.1) is 0 Å². The topological polar surface area (TPSA) is 69.0 Å². The normalized spacial score (nSPS) is 11.7. The predicted molar refractivity (Wildman–Crippen MR) is 149 cm³/mol. The molecule has 2 N–H and O–H groups in total. The van der Waals surface area contributed by atoms with Gasteiger partial charge in [0, 0.05) is 51.4 Å². The minimum absolute atomic E-state index is 0.00860. The number of nitrogens with one attached hydrogen (secondary N) is 2. The molecule has 0 aliphatic rings. The van der Waals surface area contributed by atoms with E-state index in [1.807, 2.05) is 42.5 Å². The second-order valence-corrected chi connectivity index (χ2v) is 9.51. The van der Waals surface area contributed by atoms with E-state index in [4.69, 9.17) is 0 Å². The van der Waals surface area contributed by atoms with E-state index in [2.05, 4.69) is 41.7 Å². The molecular weight excluding hydrogens is 434 g/mol. The Labute approximate surface area is 204 Å². The fourth-order valence-electron chi connectivity index (χ4n) is 4.96. The summed E-state index contributed by atoms with van der Waals surface area (Å²) in [6.45, 7) is 8.47. The van der Waals surface area contributed by atoms with Crippen LogP contribution >= 0.6 is 0 Å². The molecule has 0 atom stereocenters. The summed E-state index contributed by atoms with van der Waals surface area (Å²) in [5.41, 5.74) is 5.17. The van der Waals surface area contributed by atoms with Gasteiger partial charge >= 0.3 is 0 Å². The molecule has 3 aromatic carbocycles. The van der Waals surface area contributed by atoms with Crippen LogP contribution in [-0.4, -0.2) is 23.1 Å². The highest BCUT2D eigenvalue weighted by Gasteiger charge is 2.13. The Balaban J connectivity index is 1.70. The van der Waals surface area contributed by atoms with Crippen molar-refractivity contribution in [1.82, 2.24) is 9.97 Å². The Morgan fingerprint density at radius 1 is 0.629 bits per heavy atom. The van der Waals surface area contributed by atoms with Crippen LogP contribution in [0.1, 0.15) is 52.0 Å². The Hall–Kier alpha value is -3.60. The van der Waals surface area contributed by atoms with Gasteiger partial charge in [0.1, 0.15) is 0 Å². The number of hydrogen-bond donors (Lipinski definition) is 2. The molecule has 0 radical (unpaired) electrons. The maximum Gasteiger partial charge on any atom is 0.197 e. The van der Waals surface area contributed by atoms with Crippen LogP contribution in [0.3, 0.4) is 0 Å². The summed E-state index contributed by atoms with van der Waals surface area (Å²) in [5.74, 6) is 0. The van der Waals surface area contributed by atoms with Gasteiger partial charge in [-0.3, -0.25) is 9.59 Å². The highest BCUT2D eigenvalue weighted by atomic mass is 16.1. The fraction of sp³-hybridized carbons (Fsp3) is 0.333. The highest BCUT2D eigenvalue weighted by molar-refractivity contribution is 6.03. The van der Waals surface area contributed by atoms with Gasteiger partial charge in [0.2, 0.25) is 0 Å². The smallest absolute Gasteiger partial charge is 0.197 e. The molecule has 0 bridgehead atoms. The first-order valence-electron chi connectivity index (χ1n) is 12.9. The summed E-state index contributed by atoms with van der Waals surface area (Å²) in [6, 6.07) is 15.7. The number of H-pyrrole nitrogens is 2. The summed E-state index contributed by atoms with van der Waals surface area (Å²) in [5, 5.41) is 2.55. The van der Waals surface area contributed by atoms with Crippen LogP contribution in [0.4, 0.5) is 5.69 Å². The summed E-state index contributed by atoms with van der Waals surface area (Å²) in [7, 11) is 0. The third-order valence-corrected chi connectivity index (χ3v) is 7.10. The number of aryl methyl sites for hydroxylation is 1. The lowest BCUT2D eigenvalue weighted by Crippen LogP contribution is -2.25. The molecule has 5 nitrogen and oxygen atoms in total. The molecule has 0 saturated carbocycles. The first-order valence-corrected chi connectivity index (χ1v) is 12.9. The largest absolute Gasteiger partial charge is 0.372 e. The van der Waals surface area contributed by atoms with Crippen molar-refractivity contribution in [2.24, 2.45) is 0 Å². The number of pyridine rings is 2. The van der Waals surface area contributed by atoms with Gasteiger partial charge in [-0.05, 0) is 67.3 Å². The molecule has 0 spiro atoms. The number of aromatic amines is 2. The average Bonchev–Trinajstić information content (AvgIpc) is 2.88. The molecular formula is C30H33N3O2. The zero-order valence-corrected chi connectivity index (χ0v) is 20.8. The number of fused-ring (bicyclic) bond motifs is 4. The van der Waals surface area contributed by atoms with Crippen molar-refractivity contribution in [1.29, 1.82) is 0 Å². The van der Waals surface area contributed by atoms with Gasteiger partial charge in [-0.2, -0.15) is 0 Å². The fourth-order valence-corrected chi connectivity index (χ4v) is 4.96. The molecule has 5 aromatic rings. The van der Waals surface area contributed by atoms with Crippen molar-refractivity contribution in [3.05, 3.63) is 74.5 Å². The van der Waals surface area contributed by atoms with Gasteiger partial charge in [0.15, 0.2) is 10.9 Å². The highest BCUT2D eigenvalue weighted by Crippen LogP contribution is 2.25. The van der Waals surface area contributed by atoms with E-state index >= 15 is 0 Å². The van der Waals surface area contributed by atoms with Crippen molar-refractivity contribution in [3.63, 3.8) is 0 Å².